The minimum absolute atomic E-state index is 0.0276. The molecule has 0 aromatic heterocycles. The number of aryl methyl sites for hydroxylation is 1. The topological polar surface area (TPSA) is 104 Å². The van der Waals surface area contributed by atoms with Gasteiger partial charge in [-0.05, 0) is 30.7 Å². The molecule has 2 rings (SSSR count). The van der Waals surface area contributed by atoms with Gasteiger partial charge in [-0.25, -0.2) is 4.79 Å². The van der Waals surface area contributed by atoms with Crippen molar-refractivity contribution in [2.75, 3.05) is 11.9 Å². The number of hydrogen-bond donors (Lipinski definition) is 3. The van der Waals surface area contributed by atoms with Gasteiger partial charge >= 0.3 is 6.03 Å². The van der Waals surface area contributed by atoms with Crippen LogP contribution < -0.4 is 10.6 Å². The number of nitrogens with zero attached hydrogens (tertiary/aromatic N) is 1. The number of carbonyl (C=O) groups is 1. The predicted octanol–water partition coefficient (Wildman–Crippen LogP) is 3.41. The van der Waals surface area contributed by atoms with Gasteiger partial charge in [-0.1, -0.05) is 29.8 Å². The number of rotatable bonds is 5. The summed E-state index contributed by atoms with van der Waals surface area (Å²) < 4.78 is 0. The summed E-state index contributed by atoms with van der Waals surface area (Å²) >= 11 is 5.85. The zero-order valence-electron chi connectivity index (χ0n) is 12.8. The molecular weight excluding hydrogens is 334 g/mol. The Kier molecular flexibility index (Phi) is 5.73. The van der Waals surface area contributed by atoms with Gasteiger partial charge in [0, 0.05) is 28.9 Å². The number of urea groups is 1. The largest absolute Gasteiger partial charge is 0.387 e. The Bertz CT molecular complexity index is 767. The summed E-state index contributed by atoms with van der Waals surface area (Å²) in [6.45, 7) is 1.59. The third-order valence-electron chi connectivity index (χ3n) is 3.35. The van der Waals surface area contributed by atoms with Crippen LogP contribution in [0.3, 0.4) is 0 Å². The average Bonchev–Trinajstić information content (AvgIpc) is 2.54. The molecule has 2 aromatic rings. The van der Waals surface area contributed by atoms with E-state index in [1.54, 1.807) is 43.3 Å². The number of benzene rings is 2. The molecular formula is C16H16ClN3O4. The number of anilines is 1. The highest BCUT2D eigenvalue weighted by Crippen LogP contribution is 2.22. The Hall–Kier alpha value is -2.64. The lowest BCUT2D eigenvalue weighted by Gasteiger charge is -2.13. The number of amides is 2. The van der Waals surface area contributed by atoms with E-state index >= 15 is 0 Å². The zero-order chi connectivity index (χ0) is 17.7. The van der Waals surface area contributed by atoms with Crippen molar-refractivity contribution in [1.29, 1.82) is 0 Å². The fourth-order valence-electron chi connectivity index (χ4n) is 2.08. The fourth-order valence-corrected chi connectivity index (χ4v) is 2.28. The van der Waals surface area contributed by atoms with Crippen LogP contribution in [0, 0.1) is 17.0 Å². The summed E-state index contributed by atoms with van der Waals surface area (Å²) in [6.07, 6.45) is -0.915. The number of aliphatic hydroxyl groups excluding tert-OH is 1. The van der Waals surface area contributed by atoms with Crippen LogP contribution in [0.2, 0.25) is 5.02 Å². The Balaban J connectivity index is 1.94. The molecule has 2 aromatic carbocycles. The highest BCUT2D eigenvalue weighted by atomic mass is 35.5. The number of nitro benzene ring substituents is 1. The first-order valence-electron chi connectivity index (χ1n) is 7.10. The van der Waals surface area contributed by atoms with Crippen molar-refractivity contribution in [3.05, 3.63) is 68.7 Å². The van der Waals surface area contributed by atoms with Gasteiger partial charge in [0.25, 0.3) is 5.69 Å². The van der Waals surface area contributed by atoms with E-state index in [4.69, 9.17) is 11.6 Å². The number of nitrogens with one attached hydrogen (secondary N) is 2. The second-order valence-corrected chi connectivity index (χ2v) is 5.60. The van der Waals surface area contributed by atoms with E-state index in [-0.39, 0.29) is 12.2 Å². The number of nitro groups is 1. The van der Waals surface area contributed by atoms with E-state index in [9.17, 15) is 20.0 Å². The van der Waals surface area contributed by atoms with Crippen molar-refractivity contribution in [3.63, 3.8) is 0 Å². The van der Waals surface area contributed by atoms with Crippen LogP contribution >= 0.6 is 11.6 Å². The molecule has 24 heavy (non-hydrogen) atoms. The third kappa shape index (κ3) is 4.68. The molecule has 0 radical (unpaired) electrons. The van der Waals surface area contributed by atoms with Crippen molar-refractivity contribution in [2.24, 2.45) is 0 Å². The first-order chi connectivity index (χ1) is 11.4. The van der Waals surface area contributed by atoms with Gasteiger partial charge in [0.05, 0.1) is 11.0 Å². The highest BCUT2D eigenvalue weighted by Gasteiger charge is 2.13. The van der Waals surface area contributed by atoms with Crippen LogP contribution in [0.5, 0.6) is 0 Å². The fraction of sp³-hybridized carbons (Fsp3) is 0.188. The molecule has 2 amide bonds. The molecule has 0 heterocycles. The molecule has 0 aliphatic rings. The van der Waals surface area contributed by atoms with Gasteiger partial charge in [-0.15, -0.1) is 0 Å². The second kappa shape index (κ2) is 7.76. The molecule has 8 heteroatoms. The van der Waals surface area contributed by atoms with Crippen LogP contribution in [0.25, 0.3) is 0 Å². The summed E-state index contributed by atoms with van der Waals surface area (Å²) in [5, 5.41) is 26.4. The maximum Gasteiger partial charge on any atom is 0.319 e. The van der Waals surface area contributed by atoms with Gasteiger partial charge < -0.3 is 15.7 Å². The molecule has 0 spiro atoms. The standard InChI is InChI=1S/C16H16ClN3O4/c1-10-5-6-13(8-14(10)20(23)24)19-16(22)18-9-15(21)11-3-2-4-12(17)7-11/h2-8,15,21H,9H2,1H3,(H2,18,19,22)/t15-/m0/s1. The molecule has 7 nitrogen and oxygen atoms in total. The molecule has 0 saturated heterocycles. The van der Waals surface area contributed by atoms with Crippen molar-refractivity contribution >= 4 is 29.0 Å². The summed E-state index contributed by atoms with van der Waals surface area (Å²) in [5.74, 6) is 0. The normalized spacial score (nSPS) is 11.6. The lowest BCUT2D eigenvalue weighted by molar-refractivity contribution is -0.385. The summed E-state index contributed by atoms with van der Waals surface area (Å²) in [7, 11) is 0. The average molecular weight is 350 g/mol. The minimum Gasteiger partial charge on any atom is -0.387 e. The van der Waals surface area contributed by atoms with Gasteiger partial charge in [0.2, 0.25) is 0 Å². The summed E-state index contributed by atoms with van der Waals surface area (Å²) in [4.78, 5) is 22.2. The van der Waals surface area contributed by atoms with Crippen molar-refractivity contribution in [2.45, 2.75) is 13.0 Å². The van der Waals surface area contributed by atoms with Crippen molar-refractivity contribution < 1.29 is 14.8 Å². The van der Waals surface area contributed by atoms with E-state index in [1.165, 1.54) is 6.07 Å². The maximum atomic E-state index is 11.9. The molecule has 1 atom stereocenters. The second-order valence-electron chi connectivity index (χ2n) is 5.16. The number of carbonyl (C=O) groups excluding carboxylic acids is 1. The van der Waals surface area contributed by atoms with Gasteiger partial charge in [-0.2, -0.15) is 0 Å². The van der Waals surface area contributed by atoms with Crippen LogP contribution in [0.4, 0.5) is 16.2 Å². The Morgan fingerprint density at radius 3 is 2.75 bits per heavy atom. The quantitative estimate of drug-likeness (QED) is 0.568. The summed E-state index contributed by atoms with van der Waals surface area (Å²) in [6, 6.07) is 10.5. The Morgan fingerprint density at radius 2 is 2.08 bits per heavy atom. The predicted molar refractivity (Wildman–Crippen MR) is 91.3 cm³/mol. The third-order valence-corrected chi connectivity index (χ3v) is 3.59. The van der Waals surface area contributed by atoms with Crippen molar-refractivity contribution in [3.8, 4) is 0 Å². The van der Waals surface area contributed by atoms with Gasteiger partial charge in [0.1, 0.15) is 0 Å². The molecule has 126 valence electrons. The van der Waals surface area contributed by atoms with E-state index in [1.807, 2.05) is 0 Å². The van der Waals surface area contributed by atoms with E-state index < -0.39 is 17.1 Å². The first kappa shape index (κ1) is 17.7. The van der Waals surface area contributed by atoms with Gasteiger partial charge in [0.15, 0.2) is 0 Å². The monoisotopic (exact) mass is 349 g/mol. The molecule has 3 N–H and O–H groups in total. The number of aliphatic hydroxyl groups is 1. The number of hydrogen-bond acceptors (Lipinski definition) is 4. The molecule has 0 aliphatic carbocycles. The molecule has 0 fully saturated rings. The lowest BCUT2D eigenvalue weighted by atomic mass is 10.1. The summed E-state index contributed by atoms with van der Waals surface area (Å²) in [5.41, 5.74) is 1.30. The van der Waals surface area contributed by atoms with Crippen LogP contribution in [-0.4, -0.2) is 22.6 Å². The zero-order valence-corrected chi connectivity index (χ0v) is 13.6. The Labute approximate surface area is 143 Å². The van der Waals surface area contributed by atoms with E-state index in [2.05, 4.69) is 10.6 Å². The number of halogens is 1. The Morgan fingerprint density at radius 1 is 1.33 bits per heavy atom. The molecule has 0 aliphatic heterocycles. The molecule has 0 unspecified atom stereocenters. The molecule has 0 bridgehead atoms. The highest BCUT2D eigenvalue weighted by molar-refractivity contribution is 6.30. The van der Waals surface area contributed by atoms with Gasteiger partial charge in [-0.3, -0.25) is 10.1 Å². The van der Waals surface area contributed by atoms with Crippen molar-refractivity contribution in [1.82, 2.24) is 5.32 Å². The maximum absolute atomic E-state index is 11.9. The van der Waals surface area contributed by atoms with E-state index in [0.717, 1.165) is 0 Å². The van der Waals surface area contributed by atoms with Crippen LogP contribution in [0.15, 0.2) is 42.5 Å². The minimum atomic E-state index is -0.915. The van der Waals surface area contributed by atoms with Crippen LogP contribution in [-0.2, 0) is 0 Å². The molecule has 0 saturated carbocycles. The van der Waals surface area contributed by atoms with Crippen LogP contribution in [0.1, 0.15) is 17.2 Å². The lowest BCUT2D eigenvalue weighted by Crippen LogP contribution is -2.32. The van der Waals surface area contributed by atoms with E-state index in [0.29, 0.717) is 21.8 Å². The SMILES string of the molecule is Cc1ccc(NC(=O)NC[C@H](O)c2cccc(Cl)c2)cc1[N+](=O)[O-]. The first-order valence-corrected chi connectivity index (χ1v) is 7.48. The smallest absolute Gasteiger partial charge is 0.319 e.